The molecule has 146 valence electrons. The van der Waals surface area contributed by atoms with Gasteiger partial charge >= 0.3 is 0 Å². The Labute approximate surface area is 167 Å². The van der Waals surface area contributed by atoms with Gasteiger partial charge in [0.15, 0.2) is 4.34 Å². The minimum atomic E-state index is -0.162. The van der Waals surface area contributed by atoms with Crippen LogP contribution in [0.15, 0.2) is 28.6 Å². The van der Waals surface area contributed by atoms with E-state index in [0.29, 0.717) is 27.5 Å². The van der Waals surface area contributed by atoms with Gasteiger partial charge in [-0.25, -0.2) is 0 Å². The van der Waals surface area contributed by atoms with E-state index in [-0.39, 0.29) is 23.5 Å². The van der Waals surface area contributed by atoms with E-state index in [1.807, 2.05) is 39.0 Å². The maximum atomic E-state index is 12.2. The summed E-state index contributed by atoms with van der Waals surface area (Å²) in [5, 5.41) is 14.1. The minimum Gasteiger partial charge on any atom is -0.492 e. The summed E-state index contributed by atoms with van der Waals surface area (Å²) < 4.78 is 6.12. The summed E-state index contributed by atoms with van der Waals surface area (Å²) in [6, 6.07) is 7.30. The van der Waals surface area contributed by atoms with Gasteiger partial charge in [-0.15, -0.1) is 10.2 Å². The maximum Gasteiger partial charge on any atom is 0.234 e. The number of thioether (sulfide) groups is 1. The smallest absolute Gasteiger partial charge is 0.234 e. The van der Waals surface area contributed by atoms with E-state index in [1.54, 1.807) is 6.07 Å². The number of amides is 2. The first kappa shape index (κ1) is 21.2. The summed E-state index contributed by atoms with van der Waals surface area (Å²) in [6.07, 6.45) is 1.57. The Balaban J connectivity index is 1.86. The molecule has 9 heteroatoms. The van der Waals surface area contributed by atoms with Crippen LogP contribution in [0.3, 0.4) is 0 Å². The van der Waals surface area contributed by atoms with Gasteiger partial charge < -0.3 is 15.4 Å². The van der Waals surface area contributed by atoms with Crippen LogP contribution in [-0.2, 0) is 9.59 Å². The predicted octanol–water partition coefficient (Wildman–Crippen LogP) is 4.04. The number of benzene rings is 1. The van der Waals surface area contributed by atoms with Gasteiger partial charge in [0, 0.05) is 5.92 Å². The van der Waals surface area contributed by atoms with E-state index in [9.17, 15) is 9.59 Å². The van der Waals surface area contributed by atoms with Gasteiger partial charge in [0.25, 0.3) is 0 Å². The minimum absolute atomic E-state index is 0.0267. The molecule has 2 N–H and O–H groups in total. The van der Waals surface area contributed by atoms with Crippen LogP contribution in [0.2, 0.25) is 0 Å². The van der Waals surface area contributed by atoms with Crippen molar-refractivity contribution in [1.29, 1.82) is 0 Å². The third kappa shape index (κ3) is 6.51. The van der Waals surface area contributed by atoms with E-state index in [1.165, 1.54) is 23.1 Å². The van der Waals surface area contributed by atoms with Crippen LogP contribution < -0.4 is 15.4 Å². The molecule has 2 amide bonds. The fourth-order valence-electron chi connectivity index (χ4n) is 2.35. The number of nitrogens with one attached hydrogen (secondary N) is 2. The van der Waals surface area contributed by atoms with Gasteiger partial charge in [0.1, 0.15) is 5.75 Å². The fourth-order valence-corrected chi connectivity index (χ4v) is 3.91. The van der Waals surface area contributed by atoms with E-state index < -0.39 is 0 Å². The van der Waals surface area contributed by atoms with E-state index in [0.717, 1.165) is 12.8 Å². The molecule has 0 aliphatic heterocycles. The maximum absolute atomic E-state index is 12.2. The molecule has 0 aliphatic carbocycles. The van der Waals surface area contributed by atoms with Crippen molar-refractivity contribution in [2.24, 2.45) is 5.92 Å². The molecule has 0 radical (unpaired) electrons. The fraction of sp³-hybridized carbons (Fsp3) is 0.444. The number of hydrogen-bond donors (Lipinski definition) is 2. The monoisotopic (exact) mass is 408 g/mol. The Bertz CT molecular complexity index is 763. The molecule has 0 fully saturated rings. The molecule has 0 atom stereocenters. The molecule has 7 nitrogen and oxygen atoms in total. The summed E-state index contributed by atoms with van der Waals surface area (Å²) >= 11 is 2.54. The Morgan fingerprint density at radius 2 is 1.89 bits per heavy atom. The zero-order valence-electron chi connectivity index (χ0n) is 15.7. The van der Waals surface area contributed by atoms with Crippen LogP contribution in [0, 0.1) is 5.92 Å². The summed E-state index contributed by atoms with van der Waals surface area (Å²) in [5.74, 6) is 0.597. The molecule has 0 bridgehead atoms. The highest BCUT2D eigenvalue weighted by Crippen LogP contribution is 2.27. The highest BCUT2D eigenvalue weighted by Gasteiger charge is 2.17. The zero-order valence-corrected chi connectivity index (χ0v) is 17.3. The molecule has 0 saturated carbocycles. The number of carbonyl (C=O) groups excluding carboxylic acids is 2. The van der Waals surface area contributed by atoms with Gasteiger partial charge in [-0.05, 0) is 31.9 Å². The molecule has 2 aromatic rings. The van der Waals surface area contributed by atoms with Crippen LogP contribution in [0.1, 0.15) is 33.6 Å². The van der Waals surface area contributed by atoms with E-state index >= 15 is 0 Å². The summed E-state index contributed by atoms with van der Waals surface area (Å²) in [5.41, 5.74) is 0.639. The van der Waals surface area contributed by atoms with Crippen molar-refractivity contribution in [3.63, 3.8) is 0 Å². The van der Waals surface area contributed by atoms with Crippen molar-refractivity contribution in [2.75, 3.05) is 23.0 Å². The molecular formula is C18H24N4O3S2. The molecule has 0 saturated heterocycles. The summed E-state index contributed by atoms with van der Waals surface area (Å²) in [4.78, 5) is 24.3. The van der Waals surface area contributed by atoms with Crippen LogP contribution >= 0.6 is 23.1 Å². The normalized spacial score (nSPS) is 10.7. The lowest BCUT2D eigenvalue weighted by Crippen LogP contribution is -2.21. The van der Waals surface area contributed by atoms with E-state index in [2.05, 4.69) is 20.8 Å². The molecule has 0 unspecified atom stereocenters. The Morgan fingerprint density at radius 3 is 2.59 bits per heavy atom. The molecule has 1 aromatic carbocycles. The van der Waals surface area contributed by atoms with Crippen LogP contribution in [0.25, 0.3) is 0 Å². The number of nitrogens with zero attached hydrogens (tertiary/aromatic N) is 2. The second-order valence-corrected chi connectivity index (χ2v) is 7.84. The number of hydrogen-bond acceptors (Lipinski definition) is 7. The first-order valence-electron chi connectivity index (χ1n) is 8.86. The van der Waals surface area contributed by atoms with Crippen LogP contribution in [0.5, 0.6) is 5.75 Å². The van der Waals surface area contributed by atoms with Crippen molar-refractivity contribution in [2.45, 2.75) is 38.0 Å². The van der Waals surface area contributed by atoms with Crippen molar-refractivity contribution in [3.8, 4) is 5.75 Å². The number of aromatic nitrogens is 2. The van der Waals surface area contributed by atoms with Crippen molar-refractivity contribution >= 4 is 45.7 Å². The highest BCUT2D eigenvalue weighted by molar-refractivity contribution is 8.01. The molecule has 1 heterocycles. The first-order valence-corrected chi connectivity index (χ1v) is 10.7. The van der Waals surface area contributed by atoms with Crippen molar-refractivity contribution in [1.82, 2.24) is 10.2 Å². The molecule has 27 heavy (non-hydrogen) atoms. The zero-order chi connectivity index (χ0) is 19.6. The van der Waals surface area contributed by atoms with Gasteiger partial charge in [0.2, 0.25) is 16.9 Å². The molecule has 1 aromatic heterocycles. The first-order chi connectivity index (χ1) is 13.1. The van der Waals surface area contributed by atoms with Crippen LogP contribution in [-0.4, -0.2) is 34.4 Å². The topological polar surface area (TPSA) is 93.2 Å². The SMILES string of the molecule is CCOc1ccccc1NC(=O)CSc1nnc(NC(=O)C(CC)CC)s1. The average Bonchev–Trinajstić information content (AvgIpc) is 3.10. The average molecular weight is 409 g/mol. The number of anilines is 2. The van der Waals surface area contributed by atoms with Gasteiger partial charge in [0.05, 0.1) is 18.0 Å². The third-order valence-electron chi connectivity index (χ3n) is 3.78. The lowest BCUT2D eigenvalue weighted by molar-refractivity contribution is -0.120. The molecule has 0 aliphatic rings. The van der Waals surface area contributed by atoms with Crippen molar-refractivity contribution in [3.05, 3.63) is 24.3 Å². The lowest BCUT2D eigenvalue weighted by Gasteiger charge is -2.10. The second kappa shape index (κ2) is 10.9. The Morgan fingerprint density at radius 1 is 1.15 bits per heavy atom. The van der Waals surface area contributed by atoms with Gasteiger partial charge in [-0.3, -0.25) is 9.59 Å². The molecule has 2 rings (SSSR count). The number of para-hydroxylation sites is 2. The quantitative estimate of drug-likeness (QED) is 0.455. The van der Waals surface area contributed by atoms with Gasteiger partial charge in [-0.2, -0.15) is 0 Å². The Hall–Kier alpha value is -2.13. The standard InChI is InChI=1S/C18H24N4O3S2/c1-4-12(5-2)16(24)20-17-21-22-18(27-17)26-11-15(23)19-13-9-7-8-10-14(13)25-6-3/h7-10,12H,4-6,11H2,1-3H3,(H,19,23)(H,20,21,24). The number of carbonyl (C=O) groups is 2. The van der Waals surface area contributed by atoms with Crippen LogP contribution in [0.4, 0.5) is 10.8 Å². The van der Waals surface area contributed by atoms with E-state index in [4.69, 9.17) is 4.74 Å². The second-order valence-electron chi connectivity index (χ2n) is 5.64. The number of ether oxygens (including phenoxy) is 1. The summed E-state index contributed by atoms with van der Waals surface area (Å²) in [6.45, 7) is 6.39. The summed E-state index contributed by atoms with van der Waals surface area (Å²) in [7, 11) is 0. The number of rotatable bonds is 10. The Kier molecular flexibility index (Phi) is 8.53. The third-order valence-corrected chi connectivity index (χ3v) is 5.75. The highest BCUT2D eigenvalue weighted by atomic mass is 32.2. The largest absolute Gasteiger partial charge is 0.492 e. The van der Waals surface area contributed by atoms with Gasteiger partial charge in [-0.1, -0.05) is 49.1 Å². The molecular weight excluding hydrogens is 384 g/mol. The predicted molar refractivity (Wildman–Crippen MR) is 110 cm³/mol. The van der Waals surface area contributed by atoms with Crippen molar-refractivity contribution < 1.29 is 14.3 Å². The molecule has 0 spiro atoms. The lowest BCUT2D eigenvalue weighted by atomic mass is 10.0.